The molecule has 10 aromatic carbocycles. The third kappa shape index (κ3) is 5.53. The zero-order chi connectivity index (χ0) is 49.5. The molecule has 0 saturated carbocycles. The van der Waals surface area contributed by atoms with Crippen molar-refractivity contribution in [1.82, 2.24) is 18.3 Å². The molecule has 5 aromatic heterocycles. The maximum Gasteiger partial charge on any atom is 0.119 e. The Kier molecular flexibility index (Phi) is 8.84. The molecule has 0 radical (unpaired) electrons. The van der Waals surface area contributed by atoms with Crippen LogP contribution in [0.1, 0.15) is 16.7 Å². The van der Waals surface area contributed by atoms with E-state index in [4.69, 9.17) is 9.47 Å². The highest BCUT2D eigenvalue weighted by Crippen LogP contribution is 2.51. The lowest BCUT2D eigenvalue weighted by Crippen LogP contribution is -2.16. The van der Waals surface area contributed by atoms with E-state index in [2.05, 4.69) is 189 Å². The van der Waals surface area contributed by atoms with Crippen LogP contribution in [-0.2, 0) is 0 Å². The largest absolute Gasteiger partial charge is 0.497 e. The minimum atomic E-state index is 0.393. The molecule has 0 aliphatic carbocycles. The van der Waals surface area contributed by atoms with E-state index < -0.39 is 0 Å². The molecule has 74 heavy (non-hydrogen) atoms. The Bertz CT molecular complexity index is 5050. The van der Waals surface area contributed by atoms with Gasteiger partial charge in [0.05, 0.1) is 85.8 Å². The van der Waals surface area contributed by atoms with Crippen LogP contribution in [0, 0.1) is 29.6 Å². The lowest BCUT2D eigenvalue weighted by molar-refractivity contribution is 0.415. The van der Waals surface area contributed by atoms with Gasteiger partial charge in [-0.05, 0) is 85.8 Å². The molecule has 0 aliphatic rings. The van der Waals surface area contributed by atoms with E-state index in [0.717, 1.165) is 103 Å². The smallest absolute Gasteiger partial charge is 0.119 e. The number of para-hydroxylation sites is 4. The summed E-state index contributed by atoms with van der Waals surface area (Å²) in [5.74, 6) is 1.43. The average Bonchev–Trinajstić information content (AvgIpc) is 4.25. The van der Waals surface area contributed by atoms with Crippen molar-refractivity contribution >= 4 is 119 Å². The first-order valence-corrected chi connectivity index (χ1v) is 25.3. The first-order chi connectivity index (χ1) is 36.5. The molecule has 0 N–H and O–H groups in total. The fourth-order valence-corrected chi connectivity index (χ4v) is 13.5. The molecule has 0 fully saturated rings. The normalized spacial score (nSPS) is 12.0. The molecule has 8 nitrogen and oxygen atoms in total. The van der Waals surface area contributed by atoms with Crippen LogP contribution in [0.4, 0.5) is 0 Å². The Hall–Kier alpha value is -9.80. The van der Waals surface area contributed by atoms with Crippen molar-refractivity contribution in [3.8, 4) is 46.4 Å². The highest BCUT2D eigenvalue weighted by Gasteiger charge is 2.35. The number of hydrogen-bond acceptors (Lipinski definition) is 5. The van der Waals surface area contributed by atoms with Crippen molar-refractivity contribution in [1.29, 1.82) is 10.5 Å². The van der Waals surface area contributed by atoms with E-state index in [0.29, 0.717) is 45.4 Å². The van der Waals surface area contributed by atoms with Crippen molar-refractivity contribution in [3.63, 3.8) is 0 Å². The first kappa shape index (κ1) is 41.9. The van der Waals surface area contributed by atoms with E-state index in [9.17, 15) is 10.5 Å². The molecule has 5 heterocycles. The van der Waals surface area contributed by atoms with Crippen LogP contribution in [0.25, 0.3) is 130 Å². The van der Waals surface area contributed by atoms with E-state index in [1.165, 1.54) is 10.1 Å². The SMILES string of the molecule is COc1ccc2c(c1)c1ccccc1n2-c1c(C#N)c(-n2c3ccccc3c3cc(C)ccc32)c(-n2c3ccccc3c3ccc4c5ccccc5sc4c32)c(C#N)c1-n1c2ccccc2c2cc(OC)ccc21. The average molecular weight is 969 g/mol. The van der Waals surface area contributed by atoms with Crippen LogP contribution >= 0.6 is 11.3 Å². The van der Waals surface area contributed by atoms with Gasteiger partial charge in [-0.25, -0.2) is 0 Å². The molecule has 0 bridgehead atoms. The summed E-state index contributed by atoms with van der Waals surface area (Å²) >= 11 is 1.76. The van der Waals surface area contributed by atoms with Crippen molar-refractivity contribution in [2.75, 3.05) is 14.2 Å². The van der Waals surface area contributed by atoms with Crippen LogP contribution in [0.2, 0.25) is 0 Å². The van der Waals surface area contributed by atoms with Crippen molar-refractivity contribution in [3.05, 3.63) is 205 Å². The van der Waals surface area contributed by atoms with Crippen molar-refractivity contribution in [2.45, 2.75) is 6.92 Å². The van der Waals surface area contributed by atoms with E-state index in [1.807, 2.05) is 36.4 Å². The summed E-state index contributed by atoms with van der Waals surface area (Å²) in [6, 6.07) is 71.3. The standard InChI is InChI=1S/C65H40N6O2S/c1-37-24-29-56-47(32-37)41-15-5-9-19-52(41)68(56)62-50(35-66)60(69-53-20-10-6-16-42(53)48-33-38(72-2)25-30-57(48)69)61(70-54-21-11-7-17-43(54)49-34-39(73-3)26-31-58(49)70)51(36-67)63(62)71-55-22-12-4-14-40(55)45-27-28-46-44-18-8-13-23-59(44)74-65(46)64(45)71/h4-34H,1-3H3. The second-order valence-electron chi connectivity index (χ2n) is 19.0. The highest BCUT2D eigenvalue weighted by atomic mass is 32.1. The van der Waals surface area contributed by atoms with Gasteiger partial charge in [0.2, 0.25) is 0 Å². The minimum absolute atomic E-state index is 0.393. The third-order valence-electron chi connectivity index (χ3n) is 15.3. The van der Waals surface area contributed by atoms with Gasteiger partial charge in [0.1, 0.15) is 34.8 Å². The fourth-order valence-electron chi connectivity index (χ4n) is 12.2. The molecule has 0 aliphatic heterocycles. The molecule has 9 heteroatoms. The van der Waals surface area contributed by atoms with Gasteiger partial charge in [-0.1, -0.05) is 115 Å². The fraction of sp³-hybridized carbons (Fsp3) is 0.0462. The summed E-state index contributed by atoms with van der Waals surface area (Å²) in [7, 11) is 3.37. The van der Waals surface area contributed by atoms with Gasteiger partial charge in [0.15, 0.2) is 0 Å². The topological polar surface area (TPSA) is 85.8 Å². The molecule has 0 unspecified atom stereocenters. The summed E-state index contributed by atoms with van der Waals surface area (Å²) in [5.41, 5.74) is 11.4. The number of aromatic nitrogens is 4. The van der Waals surface area contributed by atoms with Crippen molar-refractivity contribution in [2.24, 2.45) is 0 Å². The number of hydrogen-bond donors (Lipinski definition) is 0. The van der Waals surface area contributed by atoms with E-state index >= 15 is 0 Å². The second-order valence-corrected chi connectivity index (χ2v) is 20.1. The number of rotatable bonds is 6. The van der Waals surface area contributed by atoms with E-state index in [1.54, 1.807) is 25.6 Å². The summed E-state index contributed by atoms with van der Waals surface area (Å²) in [4.78, 5) is 0. The summed E-state index contributed by atoms with van der Waals surface area (Å²) in [6.07, 6.45) is 0. The molecule has 0 atom stereocenters. The Morgan fingerprint density at radius 3 is 1.23 bits per heavy atom. The zero-order valence-corrected chi connectivity index (χ0v) is 41.1. The number of thiophene rings is 1. The number of aryl methyl sites for hydroxylation is 1. The molecule has 0 spiro atoms. The highest BCUT2D eigenvalue weighted by molar-refractivity contribution is 7.26. The molecular weight excluding hydrogens is 929 g/mol. The van der Waals surface area contributed by atoms with Crippen LogP contribution in [0.15, 0.2) is 188 Å². The summed E-state index contributed by atoms with van der Waals surface area (Å²) < 4.78 is 23.0. The lowest BCUT2D eigenvalue weighted by atomic mass is 9.98. The molecule has 0 saturated heterocycles. The second kappa shape index (κ2) is 15.6. The van der Waals surface area contributed by atoms with E-state index in [-0.39, 0.29) is 0 Å². The maximum absolute atomic E-state index is 12.7. The number of benzene rings is 10. The monoisotopic (exact) mass is 968 g/mol. The summed E-state index contributed by atoms with van der Waals surface area (Å²) in [5, 5.41) is 35.8. The number of ether oxygens (including phenoxy) is 2. The maximum atomic E-state index is 12.7. The summed E-state index contributed by atoms with van der Waals surface area (Å²) in [6.45, 7) is 2.12. The van der Waals surface area contributed by atoms with Gasteiger partial charge < -0.3 is 27.7 Å². The van der Waals surface area contributed by atoms with Gasteiger partial charge in [-0.3, -0.25) is 0 Å². The van der Waals surface area contributed by atoms with Gasteiger partial charge >= 0.3 is 0 Å². The van der Waals surface area contributed by atoms with Gasteiger partial charge in [0.25, 0.3) is 0 Å². The van der Waals surface area contributed by atoms with Crippen LogP contribution in [-0.4, -0.2) is 32.5 Å². The Balaban J connectivity index is 1.28. The number of nitriles is 2. The van der Waals surface area contributed by atoms with Crippen molar-refractivity contribution < 1.29 is 9.47 Å². The quantitative estimate of drug-likeness (QED) is 0.166. The lowest BCUT2D eigenvalue weighted by Gasteiger charge is -2.27. The number of methoxy groups -OCH3 is 2. The molecule has 0 amide bonds. The van der Waals surface area contributed by atoms with Gasteiger partial charge in [-0.15, -0.1) is 11.3 Å². The van der Waals surface area contributed by atoms with Crippen LogP contribution in [0.3, 0.4) is 0 Å². The molecule has 15 aromatic rings. The Morgan fingerprint density at radius 1 is 0.365 bits per heavy atom. The molecular formula is C65H40N6O2S. The predicted molar refractivity (Wildman–Crippen MR) is 304 cm³/mol. The Morgan fingerprint density at radius 2 is 0.743 bits per heavy atom. The van der Waals surface area contributed by atoms with Gasteiger partial charge in [0, 0.05) is 58.6 Å². The molecule has 15 rings (SSSR count). The zero-order valence-electron chi connectivity index (χ0n) is 40.3. The predicted octanol–water partition coefficient (Wildman–Crippen LogP) is 16.5. The van der Waals surface area contributed by atoms with Crippen LogP contribution < -0.4 is 9.47 Å². The van der Waals surface area contributed by atoms with Gasteiger partial charge in [-0.2, -0.15) is 10.5 Å². The number of nitrogens with zero attached hydrogens (tertiary/aromatic N) is 6. The Labute approximate surface area is 427 Å². The van der Waals surface area contributed by atoms with Crippen LogP contribution in [0.5, 0.6) is 11.5 Å². The number of fused-ring (bicyclic) bond motifs is 16. The third-order valence-corrected chi connectivity index (χ3v) is 16.5. The molecule has 348 valence electrons. The minimum Gasteiger partial charge on any atom is -0.497 e. The first-order valence-electron chi connectivity index (χ1n) is 24.5.